The summed E-state index contributed by atoms with van der Waals surface area (Å²) in [6.45, 7) is 4.91. The van der Waals surface area contributed by atoms with Crippen molar-refractivity contribution in [3.63, 3.8) is 0 Å². The predicted molar refractivity (Wildman–Crippen MR) is 153 cm³/mol. The number of allylic oxidation sites excluding steroid dienone is 2. The first kappa shape index (κ1) is 28.0. The van der Waals surface area contributed by atoms with Crippen molar-refractivity contribution in [2.24, 2.45) is 5.41 Å². The highest BCUT2D eigenvalue weighted by molar-refractivity contribution is 6.09. The zero-order valence-electron chi connectivity index (χ0n) is 24.2. The lowest BCUT2D eigenvalue weighted by molar-refractivity contribution is -0.131. The van der Waals surface area contributed by atoms with Gasteiger partial charge >= 0.3 is 0 Å². The molecule has 0 unspecified atom stereocenters. The predicted octanol–water partition coefficient (Wildman–Crippen LogP) is 4.36. The van der Waals surface area contributed by atoms with Crippen LogP contribution in [0.2, 0.25) is 0 Å². The van der Waals surface area contributed by atoms with Crippen LogP contribution in [0.25, 0.3) is 0 Å². The van der Waals surface area contributed by atoms with Crippen LogP contribution in [0, 0.1) is 10.8 Å². The molecule has 1 aromatic heterocycles. The van der Waals surface area contributed by atoms with Crippen LogP contribution in [-0.2, 0) is 4.79 Å². The number of nitrogens with zero attached hydrogens (tertiary/aromatic N) is 5. The summed E-state index contributed by atoms with van der Waals surface area (Å²) in [5, 5.41) is 20.6. The molecule has 1 aromatic rings. The highest BCUT2D eigenvalue weighted by Crippen LogP contribution is 2.48. The molecule has 1 spiro atoms. The molecule has 0 aromatic carbocycles. The number of ketones is 1. The van der Waals surface area contributed by atoms with Gasteiger partial charge in [-0.3, -0.25) is 15.1 Å². The summed E-state index contributed by atoms with van der Waals surface area (Å²) in [5.41, 5.74) is -0.190. The zero-order chi connectivity index (χ0) is 27.7. The molecule has 5 rings (SSSR count). The number of carbonyl (C=O) groups excluding carboxylic acids is 1. The quantitative estimate of drug-likeness (QED) is 0.493. The van der Waals surface area contributed by atoms with E-state index in [-0.39, 0.29) is 29.2 Å². The van der Waals surface area contributed by atoms with E-state index < -0.39 is 5.41 Å². The number of aliphatic hydroxyl groups excluding tert-OH is 1. The first-order valence-corrected chi connectivity index (χ1v) is 14.9. The standard InChI is InChI=1S/C30H46N6O3/c1-20(23-10-8-16-35(23)4)39-26-19-25(36-17-12-21(13-18-36)34(2)3)32-29(33-26)27(31)22-9-7-15-30(28(22)38)14-6-5-11-24(30)37/h19-21,23,31,38H,5-18H2,1-4H3/t20-,23-,30+/m0/s1. The van der Waals surface area contributed by atoms with Crippen LogP contribution in [0.15, 0.2) is 17.4 Å². The lowest BCUT2D eigenvalue weighted by atomic mass is 9.64. The molecule has 2 saturated heterocycles. The zero-order valence-corrected chi connectivity index (χ0v) is 24.2. The molecule has 214 valence electrons. The molecule has 3 heterocycles. The SMILES string of the molecule is C[C@H](Oc1cc(N2CCC(N(C)C)CC2)nc(C(=N)C2=C(O)[C@]3(CCCCC3=O)CCC2)n1)[C@@H]1CCCN1C. The second-order valence-corrected chi connectivity index (χ2v) is 12.4. The number of likely N-dealkylation sites (N-methyl/N-ethyl adjacent to an activating group) is 1. The molecule has 2 aliphatic carbocycles. The minimum absolute atomic E-state index is 0.0489. The maximum absolute atomic E-state index is 13.0. The van der Waals surface area contributed by atoms with Gasteiger partial charge in [0, 0.05) is 43.2 Å². The lowest BCUT2D eigenvalue weighted by Gasteiger charge is -2.39. The minimum Gasteiger partial charge on any atom is -0.511 e. The van der Waals surface area contributed by atoms with E-state index in [0.717, 1.165) is 70.4 Å². The summed E-state index contributed by atoms with van der Waals surface area (Å²) in [7, 11) is 6.40. The van der Waals surface area contributed by atoms with Crippen LogP contribution >= 0.6 is 0 Å². The fourth-order valence-corrected chi connectivity index (χ4v) is 7.23. The van der Waals surface area contributed by atoms with Crippen molar-refractivity contribution >= 4 is 17.3 Å². The van der Waals surface area contributed by atoms with E-state index in [1.807, 2.05) is 6.07 Å². The molecular formula is C30H46N6O3. The topological polar surface area (TPSA) is 106 Å². The number of likely N-dealkylation sites (tertiary alicyclic amines) is 1. The maximum atomic E-state index is 13.0. The van der Waals surface area contributed by atoms with E-state index in [2.05, 4.69) is 42.8 Å². The van der Waals surface area contributed by atoms with Gasteiger partial charge in [0.15, 0.2) is 5.82 Å². The molecule has 4 aliphatic rings. The molecule has 0 bridgehead atoms. The van der Waals surface area contributed by atoms with E-state index in [4.69, 9.17) is 20.1 Å². The van der Waals surface area contributed by atoms with Crippen LogP contribution in [0.4, 0.5) is 5.82 Å². The third kappa shape index (κ3) is 5.57. The Morgan fingerprint density at radius 3 is 2.51 bits per heavy atom. The number of nitrogens with one attached hydrogen (secondary N) is 1. The minimum atomic E-state index is -0.829. The van der Waals surface area contributed by atoms with Crippen LogP contribution in [0.5, 0.6) is 5.88 Å². The van der Waals surface area contributed by atoms with Gasteiger partial charge in [0.2, 0.25) is 5.88 Å². The second kappa shape index (κ2) is 11.5. The molecule has 2 N–H and O–H groups in total. The fourth-order valence-electron chi connectivity index (χ4n) is 7.23. The highest BCUT2D eigenvalue weighted by Gasteiger charge is 2.47. The van der Waals surface area contributed by atoms with Gasteiger partial charge in [-0.15, -0.1) is 0 Å². The van der Waals surface area contributed by atoms with Gasteiger partial charge in [-0.2, -0.15) is 4.98 Å². The van der Waals surface area contributed by atoms with Gasteiger partial charge in [-0.05, 0) is 92.4 Å². The Kier molecular flexibility index (Phi) is 8.29. The number of anilines is 1. The van der Waals surface area contributed by atoms with Gasteiger partial charge in [-0.1, -0.05) is 6.42 Å². The summed E-state index contributed by atoms with van der Waals surface area (Å²) >= 11 is 0. The fraction of sp³-hybridized carbons (Fsp3) is 0.733. The van der Waals surface area contributed by atoms with Crippen molar-refractivity contribution in [3.05, 3.63) is 23.2 Å². The number of rotatable bonds is 7. The normalized spacial score (nSPS) is 28.0. The Labute approximate surface area is 233 Å². The largest absolute Gasteiger partial charge is 0.511 e. The van der Waals surface area contributed by atoms with Crippen molar-refractivity contribution in [2.45, 2.75) is 95.7 Å². The molecule has 3 atom stereocenters. The average Bonchev–Trinajstić information content (AvgIpc) is 3.37. The monoisotopic (exact) mass is 538 g/mol. The molecule has 2 aliphatic heterocycles. The maximum Gasteiger partial charge on any atom is 0.219 e. The van der Waals surface area contributed by atoms with Gasteiger partial charge in [0.1, 0.15) is 29.2 Å². The van der Waals surface area contributed by atoms with Gasteiger partial charge in [0.25, 0.3) is 0 Å². The average molecular weight is 539 g/mol. The Bertz CT molecular complexity index is 1110. The molecule has 0 radical (unpaired) electrons. The van der Waals surface area contributed by atoms with Crippen molar-refractivity contribution in [2.75, 3.05) is 45.7 Å². The number of carbonyl (C=O) groups is 1. The third-order valence-electron chi connectivity index (χ3n) is 9.72. The number of hydrogen-bond donors (Lipinski definition) is 2. The Morgan fingerprint density at radius 1 is 1.10 bits per heavy atom. The van der Waals surface area contributed by atoms with Crippen molar-refractivity contribution in [3.8, 4) is 5.88 Å². The Morgan fingerprint density at radius 2 is 1.85 bits per heavy atom. The van der Waals surface area contributed by atoms with E-state index >= 15 is 0 Å². The molecule has 9 nitrogen and oxygen atoms in total. The first-order chi connectivity index (χ1) is 18.7. The van der Waals surface area contributed by atoms with Crippen LogP contribution in [-0.4, -0.2) is 95.3 Å². The van der Waals surface area contributed by atoms with E-state index in [9.17, 15) is 9.90 Å². The van der Waals surface area contributed by atoms with E-state index in [1.165, 1.54) is 0 Å². The van der Waals surface area contributed by atoms with Gasteiger partial charge in [-0.25, -0.2) is 4.98 Å². The number of aromatic nitrogens is 2. The summed E-state index contributed by atoms with van der Waals surface area (Å²) in [6, 6.07) is 2.78. The molecule has 0 amide bonds. The number of ether oxygens (including phenoxy) is 1. The second-order valence-electron chi connectivity index (χ2n) is 12.4. The Balaban J connectivity index is 1.47. The molecule has 3 fully saturated rings. The summed E-state index contributed by atoms with van der Waals surface area (Å²) < 4.78 is 6.43. The van der Waals surface area contributed by atoms with E-state index in [1.54, 1.807) is 0 Å². The smallest absolute Gasteiger partial charge is 0.219 e. The number of hydrogen-bond acceptors (Lipinski definition) is 9. The lowest BCUT2D eigenvalue weighted by Crippen LogP contribution is -2.42. The first-order valence-electron chi connectivity index (χ1n) is 14.9. The number of aliphatic hydroxyl groups is 1. The van der Waals surface area contributed by atoms with Crippen molar-refractivity contribution in [1.29, 1.82) is 5.41 Å². The molecule has 1 saturated carbocycles. The molecule has 39 heavy (non-hydrogen) atoms. The summed E-state index contributed by atoms with van der Waals surface area (Å²) in [4.78, 5) is 29.5. The third-order valence-corrected chi connectivity index (χ3v) is 9.72. The molecular weight excluding hydrogens is 492 g/mol. The number of Topliss-reactive ketones (excluding diaryl/α,β-unsaturated/α-hetero) is 1. The van der Waals surface area contributed by atoms with Gasteiger partial charge < -0.3 is 19.6 Å². The summed E-state index contributed by atoms with van der Waals surface area (Å²) in [6.07, 6.45) is 9.26. The van der Waals surface area contributed by atoms with Crippen LogP contribution in [0.3, 0.4) is 0 Å². The van der Waals surface area contributed by atoms with Crippen LogP contribution < -0.4 is 9.64 Å². The van der Waals surface area contributed by atoms with Crippen molar-refractivity contribution < 1.29 is 14.6 Å². The Hall–Kier alpha value is -2.52. The van der Waals surface area contributed by atoms with Crippen molar-refractivity contribution in [1.82, 2.24) is 19.8 Å². The number of piperidine rings is 1. The molecule has 9 heteroatoms. The van der Waals surface area contributed by atoms with Gasteiger partial charge in [0.05, 0.1) is 5.41 Å². The van der Waals surface area contributed by atoms with Crippen LogP contribution in [0.1, 0.15) is 83.4 Å². The summed E-state index contributed by atoms with van der Waals surface area (Å²) in [5.74, 6) is 1.72. The van der Waals surface area contributed by atoms with E-state index in [0.29, 0.717) is 49.2 Å². The highest BCUT2D eigenvalue weighted by atomic mass is 16.5.